The number of ether oxygens (including phenoxy) is 4. The van der Waals surface area contributed by atoms with Crippen molar-refractivity contribution in [1.82, 2.24) is 0 Å². The van der Waals surface area contributed by atoms with E-state index >= 15 is 0 Å². The Labute approximate surface area is 94.1 Å². The lowest BCUT2D eigenvalue weighted by molar-refractivity contribution is -0.0653. The molecule has 86 valence electrons. The molecule has 0 amide bonds. The molecule has 0 aliphatic carbocycles. The van der Waals surface area contributed by atoms with Crippen LogP contribution < -0.4 is 9.47 Å². The highest BCUT2D eigenvalue weighted by molar-refractivity contribution is 5.44. The van der Waals surface area contributed by atoms with E-state index in [-0.39, 0.29) is 25.3 Å². The number of hydrogen-bond acceptors (Lipinski definition) is 4. The van der Waals surface area contributed by atoms with Gasteiger partial charge in [-0.1, -0.05) is 0 Å². The summed E-state index contributed by atoms with van der Waals surface area (Å²) >= 11 is 0. The maximum absolute atomic E-state index is 5.70. The molecule has 0 N–H and O–H groups in total. The van der Waals surface area contributed by atoms with Gasteiger partial charge in [-0.05, 0) is 32.0 Å². The highest BCUT2D eigenvalue weighted by atomic mass is 16.7. The largest absolute Gasteiger partial charge is 0.454 e. The van der Waals surface area contributed by atoms with E-state index in [1.54, 1.807) is 0 Å². The monoisotopic (exact) mass is 222 g/mol. The van der Waals surface area contributed by atoms with E-state index in [0.29, 0.717) is 0 Å². The van der Waals surface area contributed by atoms with E-state index in [9.17, 15) is 0 Å². The van der Waals surface area contributed by atoms with Crippen molar-refractivity contribution in [1.29, 1.82) is 0 Å². The molecule has 0 saturated carbocycles. The van der Waals surface area contributed by atoms with Crippen molar-refractivity contribution < 1.29 is 18.9 Å². The Hall–Kier alpha value is -1.26. The van der Waals surface area contributed by atoms with Crippen LogP contribution in [0.15, 0.2) is 18.2 Å². The smallest absolute Gasteiger partial charge is 0.231 e. The summed E-state index contributed by atoms with van der Waals surface area (Å²) in [7, 11) is 0. The van der Waals surface area contributed by atoms with Crippen LogP contribution in [0.4, 0.5) is 0 Å². The molecule has 0 spiro atoms. The molecule has 2 aliphatic heterocycles. The predicted molar refractivity (Wildman–Crippen MR) is 56.4 cm³/mol. The summed E-state index contributed by atoms with van der Waals surface area (Å²) in [6, 6.07) is 5.75. The van der Waals surface area contributed by atoms with Crippen molar-refractivity contribution in [3.05, 3.63) is 23.8 Å². The Morgan fingerprint density at radius 3 is 2.44 bits per heavy atom. The average Bonchev–Trinajstić information content (AvgIpc) is 2.85. The van der Waals surface area contributed by atoms with Crippen molar-refractivity contribution in [2.24, 2.45) is 0 Å². The molecule has 1 aromatic carbocycles. The van der Waals surface area contributed by atoms with Crippen LogP contribution in [0.1, 0.15) is 25.7 Å². The molecule has 0 aromatic heterocycles. The molecule has 1 saturated heterocycles. The fourth-order valence-corrected chi connectivity index (χ4v) is 1.86. The van der Waals surface area contributed by atoms with Gasteiger partial charge in [-0.2, -0.15) is 0 Å². The van der Waals surface area contributed by atoms with Crippen molar-refractivity contribution in [2.45, 2.75) is 32.3 Å². The van der Waals surface area contributed by atoms with Crippen LogP contribution in [0.5, 0.6) is 11.5 Å². The minimum atomic E-state index is -0.292. The molecule has 1 fully saturated rings. The van der Waals surface area contributed by atoms with E-state index in [4.69, 9.17) is 18.9 Å². The molecule has 2 atom stereocenters. The third-order valence-corrected chi connectivity index (χ3v) is 3.01. The predicted octanol–water partition coefficient (Wildman–Crippen LogP) is 2.24. The highest BCUT2D eigenvalue weighted by Gasteiger charge is 2.31. The number of fused-ring (bicyclic) bond motifs is 1. The Morgan fingerprint density at radius 1 is 1.00 bits per heavy atom. The molecule has 4 heteroatoms. The first-order valence-electron chi connectivity index (χ1n) is 5.44. The Morgan fingerprint density at radius 2 is 1.69 bits per heavy atom. The summed E-state index contributed by atoms with van der Waals surface area (Å²) in [5, 5.41) is 0. The van der Waals surface area contributed by atoms with Crippen LogP contribution in [-0.4, -0.2) is 19.0 Å². The SMILES string of the molecule is C[C@@H]1OC(c2ccc3c(c2)OCO3)O[C@H]1C. The Balaban J connectivity index is 1.85. The first-order valence-corrected chi connectivity index (χ1v) is 5.44. The summed E-state index contributed by atoms with van der Waals surface area (Å²) in [6.07, 6.45) is -0.0506. The van der Waals surface area contributed by atoms with E-state index < -0.39 is 0 Å². The molecule has 0 unspecified atom stereocenters. The first-order chi connectivity index (χ1) is 7.74. The van der Waals surface area contributed by atoms with Crippen LogP contribution in [0.3, 0.4) is 0 Å². The summed E-state index contributed by atoms with van der Waals surface area (Å²) < 4.78 is 22.0. The molecular weight excluding hydrogens is 208 g/mol. The van der Waals surface area contributed by atoms with Gasteiger partial charge < -0.3 is 18.9 Å². The van der Waals surface area contributed by atoms with Crippen LogP contribution in [0, 0.1) is 0 Å². The fourth-order valence-electron chi connectivity index (χ4n) is 1.86. The van der Waals surface area contributed by atoms with Gasteiger partial charge in [-0.3, -0.25) is 0 Å². The zero-order valence-electron chi connectivity index (χ0n) is 9.30. The topological polar surface area (TPSA) is 36.9 Å². The minimum Gasteiger partial charge on any atom is -0.454 e. The molecular formula is C12H14O4. The third kappa shape index (κ3) is 1.54. The van der Waals surface area contributed by atoms with Gasteiger partial charge in [0.25, 0.3) is 0 Å². The lowest BCUT2D eigenvalue weighted by Gasteiger charge is -2.10. The second kappa shape index (κ2) is 3.64. The van der Waals surface area contributed by atoms with Gasteiger partial charge in [-0.25, -0.2) is 0 Å². The summed E-state index contributed by atoms with van der Waals surface area (Å²) in [6.45, 7) is 4.31. The normalized spacial score (nSPS) is 28.6. The van der Waals surface area contributed by atoms with E-state index in [1.165, 1.54) is 0 Å². The molecule has 2 aliphatic rings. The second-order valence-electron chi connectivity index (χ2n) is 4.13. The van der Waals surface area contributed by atoms with Gasteiger partial charge in [0.1, 0.15) is 0 Å². The van der Waals surface area contributed by atoms with Gasteiger partial charge >= 0.3 is 0 Å². The van der Waals surface area contributed by atoms with Gasteiger partial charge in [-0.15, -0.1) is 0 Å². The van der Waals surface area contributed by atoms with Crippen molar-refractivity contribution >= 4 is 0 Å². The number of rotatable bonds is 1. The number of hydrogen-bond donors (Lipinski definition) is 0. The number of benzene rings is 1. The lowest BCUT2D eigenvalue weighted by Crippen LogP contribution is -2.13. The third-order valence-electron chi connectivity index (χ3n) is 3.01. The molecule has 4 nitrogen and oxygen atoms in total. The van der Waals surface area contributed by atoms with Crippen LogP contribution in [-0.2, 0) is 9.47 Å². The maximum atomic E-state index is 5.70. The van der Waals surface area contributed by atoms with Crippen LogP contribution in [0.2, 0.25) is 0 Å². The van der Waals surface area contributed by atoms with Crippen LogP contribution >= 0.6 is 0 Å². The molecule has 2 heterocycles. The second-order valence-corrected chi connectivity index (χ2v) is 4.13. The maximum Gasteiger partial charge on any atom is 0.231 e. The van der Waals surface area contributed by atoms with Gasteiger partial charge in [0.15, 0.2) is 17.8 Å². The molecule has 16 heavy (non-hydrogen) atoms. The van der Waals surface area contributed by atoms with E-state index in [0.717, 1.165) is 17.1 Å². The Bertz CT molecular complexity index is 394. The summed E-state index contributed by atoms with van der Waals surface area (Å²) in [5.74, 6) is 1.54. The van der Waals surface area contributed by atoms with E-state index in [2.05, 4.69) is 0 Å². The molecule has 3 rings (SSSR count). The zero-order valence-corrected chi connectivity index (χ0v) is 9.30. The van der Waals surface area contributed by atoms with Gasteiger partial charge in [0, 0.05) is 5.56 Å². The summed E-state index contributed by atoms with van der Waals surface area (Å²) in [5.41, 5.74) is 0.973. The van der Waals surface area contributed by atoms with Gasteiger partial charge in [0.2, 0.25) is 6.79 Å². The average molecular weight is 222 g/mol. The fraction of sp³-hybridized carbons (Fsp3) is 0.500. The first kappa shape index (κ1) is 9.93. The quantitative estimate of drug-likeness (QED) is 0.730. The standard InChI is InChI=1S/C12H14O4/c1-7-8(2)16-12(15-7)9-3-4-10-11(5-9)14-6-13-10/h3-5,7-8,12H,6H2,1-2H3/t7-,8-/m0/s1. The van der Waals surface area contributed by atoms with Crippen molar-refractivity contribution in [3.63, 3.8) is 0 Å². The highest BCUT2D eigenvalue weighted by Crippen LogP contribution is 2.38. The molecule has 0 radical (unpaired) electrons. The van der Waals surface area contributed by atoms with Crippen molar-refractivity contribution in [2.75, 3.05) is 6.79 Å². The molecule has 0 bridgehead atoms. The van der Waals surface area contributed by atoms with Crippen LogP contribution in [0.25, 0.3) is 0 Å². The lowest BCUT2D eigenvalue weighted by atomic mass is 10.2. The van der Waals surface area contributed by atoms with Gasteiger partial charge in [0.05, 0.1) is 12.2 Å². The minimum absolute atomic E-state index is 0.121. The molecule has 1 aromatic rings. The summed E-state index contributed by atoms with van der Waals surface area (Å²) in [4.78, 5) is 0. The zero-order chi connectivity index (χ0) is 11.1. The van der Waals surface area contributed by atoms with E-state index in [1.807, 2.05) is 32.0 Å². The Kier molecular flexibility index (Phi) is 2.26. The van der Waals surface area contributed by atoms with Crippen molar-refractivity contribution in [3.8, 4) is 11.5 Å².